The van der Waals surface area contributed by atoms with E-state index in [1.54, 1.807) is 50.4 Å². The highest BCUT2D eigenvalue weighted by Gasteiger charge is 2.37. The van der Waals surface area contributed by atoms with Crippen LogP contribution in [0.25, 0.3) is 16.3 Å². The molecule has 0 unspecified atom stereocenters. The molecule has 0 aliphatic rings. The predicted octanol–water partition coefficient (Wildman–Crippen LogP) is 4.70. The van der Waals surface area contributed by atoms with Crippen LogP contribution < -0.4 is 4.74 Å². The number of benzene rings is 2. The average molecular weight is 514 g/mol. The van der Waals surface area contributed by atoms with Crippen molar-refractivity contribution in [2.24, 2.45) is 0 Å². The molecule has 35 heavy (non-hydrogen) atoms. The molecule has 9 heteroatoms. The number of carbonyl (C=O) groups is 1. The van der Waals surface area contributed by atoms with Crippen molar-refractivity contribution < 1.29 is 26.4 Å². The predicted molar refractivity (Wildman–Crippen MR) is 136 cm³/mol. The van der Waals surface area contributed by atoms with Crippen molar-refractivity contribution in [3.63, 3.8) is 0 Å². The van der Waals surface area contributed by atoms with Gasteiger partial charge in [0.25, 0.3) is 0 Å². The molecule has 0 saturated heterocycles. The summed E-state index contributed by atoms with van der Waals surface area (Å²) in [6.45, 7) is 3.42. The molecule has 2 aromatic carbocycles. The molecule has 0 N–H and O–H groups in total. The van der Waals surface area contributed by atoms with Gasteiger partial charge >= 0.3 is 0 Å². The van der Waals surface area contributed by atoms with Gasteiger partial charge in [0.15, 0.2) is 19.7 Å². The van der Waals surface area contributed by atoms with Crippen LogP contribution in [0.15, 0.2) is 70.6 Å². The third-order valence-electron chi connectivity index (χ3n) is 5.87. The van der Waals surface area contributed by atoms with Crippen LogP contribution in [0.4, 0.5) is 0 Å². The van der Waals surface area contributed by atoms with Crippen LogP contribution in [0.5, 0.6) is 5.75 Å². The van der Waals surface area contributed by atoms with Crippen LogP contribution >= 0.6 is 0 Å². The Hall–Kier alpha value is -3.17. The molecule has 0 aliphatic heterocycles. The van der Waals surface area contributed by atoms with Gasteiger partial charge in [-0.05, 0) is 48.6 Å². The van der Waals surface area contributed by atoms with Gasteiger partial charge in [0, 0.05) is 17.1 Å². The lowest BCUT2D eigenvalue weighted by Crippen LogP contribution is -2.17. The Kier molecular flexibility index (Phi) is 6.75. The topological polar surface area (TPSA) is 99.0 Å². The molecule has 7 nitrogen and oxygen atoms in total. The van der Waals surface area contributed by atoms with Gasteiger partial charge in [0.1, 0.15) is 21.2 Å². The number of nitrogens with zero attached hydrogens (tertiary/aromatic N) is 1. The maximum atomic E-state index is 13.8. The minimum absolute atomic E-state index is 0.168. The largest absolute Gasteiger partial charge is 0.497 e. The minimum atomic E-state index is -4.11. The molecule has 0 radical (unpaired) electrons. The molecule has 2 aromatic heterocycles. The molecule has 4 aromatic rings. The standard InChI is InChI=1S/C26H27NO6S2/c1-4-16-34(29,30)25-22-21-9-7-6-8-18(21)14-15-27(22)23(26(25)35(31,32)17-5-2)24(28)19-10-12-20(33-3)13-11-19/h6-15H,4-5,16-17H2,1-3H3. The number of rotatable bonds is 9. The molecule has 0 saturated carbocycles. The Morgan fingerprint density at radius 2 is 1.43 bits per heavy atom. The Bertz CT molecular complexity index is 1630. The zero-order valence-corrected chi connectivity index (χ0v) is 21.4. The molecule has 2 heterocycles. The van der Waals surface area contributed by atoms with E-state index in [4.69, 9.17) is 4.74 Å². The minimum Gasteiger partial charge on any atom is -0.497 e. The highest BCUT2D eigenvalue weighted by atomic mass is 32.2. The van der Waals surface area contributed by atoms with Gasteiger partial charge in [-0.3, -0.25) is 4.79 Å². The van der Waals surface area contributed by atoms with E-state index in [0.717, 1.165) is 5.39 Å². The van der Waals surface area contributed by atoms with E-state index >= 15 is 0 Å². The Labute approximate surface area is 205 Å². The maximum Gasteiger partial charge on any atom is 0.211 e. The quantitative estimate of drug-likeness (QED) is 0.301. The van der Waals surface area contributed by atoms with E-state index in [0.29, 0.717) is 17.6 Å². The number of methoxy groups -OCH3 is 1. The fraction of sp³-hybridized carbons (Fsp3) is 0.269. The van der Waals surface area contributed by atoms with Crippen LogP contribution in [-0.4, -0.2) is 45.6 Å². The second-order valence-electron chi connectivity index (χ2n) is 8.32. The normalized spacial score (nSPS) is 12.3. The van der Waals surface area contributed by atoms with Gasteiger partial charge in [-0.1, -0.05) is 38.1 Å². The number of carbonyl (C=O) groups excluding carboxylic acids is 1. The molecular weight excluding hydrogens is 486 g/mol. The average Bonchev–Trinajstić information content (AvgIpc) is 3.21. The second-order valence-corrected chi connectivity index (χ2v) is 12.4. The first-order valence-corrected chi connectivity index (χ1v) is 14.7. The summed E-state index contributed by atoms with van der Waals surface area (Å²) in [5.41, 5.74) is 0.271. The van der Waals surface area contributed by atoms with Crippen molar-refractivity contribution in [1.29, 1.82) is 0 Å². The summed E-state index contributed by atoms with van der Waals surface area (Å²) in [4.78, 5) is 13.1. The van der Waals surface area contributed by atoms with Crippen LogP contribution in [0.2, 0.25) is 0 Å². The highest BCUT2D eigenvalue weighted by Crippen LogP contribution is 2.38. The SMILES string of the molecule is CCCS(=O)(=O)c1c(S(=O)(=O)CCC)c2c3ccccc3ccn2c1C(=O)c1ccc(OC)cc1. The Balaban J connectivity index is 2.22. The van der Waals surface area contributed by atoms with Crippen molar-refractivity contribution in [3.05, 3.63) is 72.1 Å². The van der Waals surface area contributed by atoms with Crippen LogP contribution in [0.1, 0.15) is 42.7 Å². The third kappa shape index (κ3) is 4.34. The first kappa shape index (κ1) is 24.9. The van der Waals surface area contributed by atoms with E-state index in [-0.39, 0.29) is 39.6 Å². The number of ether oxygens (including phenoxy) is 1. The molecular formula is C26H27NO6S2. The van der Waals surface area contributed by atoms with Crippen molar-refractivity contribution in [2.75, 3.05) is 18.6 Å². The summed E-state index contributed by atoms with van der Waals surface area (Å²) >= 11 is 0. The van der Waals surface area contributed by atoms with Crippen LogP contribution in [0.3, 0.4) is 0 Å². The number of pyridine rings is 1. The lowest BCUT2D eigenvalue weighted by Gasteiger charge is -2.09. The molecule has 0 atom stereocenters. The molecule has 0 amide bonds. The zero-order chi connectivity index (χ0) is 25.4. The molecule has 0 aliphatic carbocycles. The van der Waals surface area contributed by atoms with Gasteiger partial charge < -0.3 is 9.14 Å². The van der Waals surface area contributed by atoms with Gasteiger partial charge in [0.05, 0.1) is 24.1 Å². The fourth-order valence-electron chi connectivity index (χ4n) is 4.37. The zero-order valence-electron chi connectivity index (χ0n) is 19.8. The number of fused-ring (bicyclic) bond motifs is 3. The van der Waals surface area contributed by atoms with E-state index in [9.17, 15) is 21.6 Å². The van der Waals surface area contributed by atoms with Gasteiger partial charge in [-0.15, -0.1) is 0 Å². The van der Waals surface area contributed by atoms with Gasteiger partial charge in [-0.25, -0.2) is 16.8 Å². The van der Waals surface area contributed by atoms with Crippen molar-refractivity contribution in [1.82, 2.24) is 4.40 Å². The van der Waals surface area contributed by atoms with E-state index in [2.05, 4.69) is 0 Å². The van der Waals surface area contributed by atoms with Crippen molar-refractivity contribution in [2.45, 2.75) is 36.5 Å². The van der Waals surface area contributed by atoms with Crippen molar-refractivity contribution in [3.8, 4) is 5.75 Å². The first-order chi connectivity index (χ1) is 16.7. The Morgan fingerprint density at radius 3 is 2.03 bits per heavy atom. The van der Waals surface area contributed by atoms with Crippen LogP contribution in [0, 0.1) is 0 Å². The smallest absolute Gasteiger partial charge is 0.211 e. The lowest BCUT2D eigenvalue weighted by molar-refractivity contribution is 0.103. The molecule has 4 rings (SSSR count). The summed E-state index contributed by atoms with van der Waals surface area (Å²) in [6, 6.07) is 15.2. The second kappa shape index (κ2) is 9.47. The molecule has 0 bridgehead atoms. The fourth-order valence-corrected chi connectivity index (χ4v) is 8.36. The third-order valence-corrected chi connectivity index (χ3v) is 9.93. The van der Waals surface area contributed by atoms with E-state index < -0.39 is 30.4 Å². The summed E-state index contributed by atoms with van der Waals surface area (Å²) in [5, 5.41) is 1.31. The number of ketones is 1. The highest BCUT2D eigenvalue weighted by molar-refractivity contribution is 7.94. The Morgan fingerprint density at radius 1 is 0.829 bits per heavy atom. The summed E-state index contributed by atoms with van der Waals surface area (Å²) in [5.74, 6) is -0.553. The molecule has 0 fully saturated rings. The summed E-state index contributed by atoms with van der Waals surface area (Å²) < 4.78 is 61.1. The van der Waals surface area contributed by atoms with Crippen molar-refractivity contribution >= 4 is 41.7 Å². The van der Waals surface area contributed by atoms with E-state index in [1.807, 2.05) is 12.1 Å². The summed E-state index contributed by atoms with van der Waals surface area (Å²) in [6.07, 6.45) is 2.16. The number of hydrogen-bond acceptors (Lipinski definition) is 6. The first-order valence-electron chi connectivity index (χ1n) is 11.4. The molecule has 184 valence electrons. The lowest BCUT2D eigenvalue weighted by atomic mass is 10.1. The van der Waals surface area contributed by atoms with Gasteiger partial charge in [-0.2, -0.15) is 0 Å². The van der Waals surface area contributed by atoms with E-state index in [1.165, 1.54) is 23.6 Å². The number of sulfone groups is 2. The maximum absolute atomic E-state index is 13.8. The molecule has 0 spiro atoms. The van der Waals surface area contributed by atoms with Crippen LogP contribution in [-0.2, 0) is 19.7 Å². The summed E-state index contributed by atoms with van der Waals surface area (Å²) in [7, 11) is -6.65. The monoisotopic (exact) mass is 513 g/mol. The van der Waals surface area contributed by atoms with Gasteiger partial charge in [0.2, 0.25) is 5.78 Å². The number of aromatic nitrogens is 1. The number of hydrogen-bond donors (Lipinski definition) is 0.